The molecule has 0 saturated heterocycles. The fraction of sp³-hybridized carbons (Fsp3) is 0.429. The molecule has 1 N–H and O–H groups in total. The van der Waals surface area contributed by atoms with Gasteiger partial charge in [-0.1, -0.05) is 0 Å². The standard InChI is InChI=1S/C14H14FNO3/c15-11-7-8-3-5-16(14(18)19)6-4-9(8)13-10(11)1-2-12(13)17/h7H,1-6H2,(H,18,19). The van der Waals surface area contributed by atoms with Gasteiger partial charge in [0, 0.05) is 25.1 Å². The molecule has 0 aromatic heterocycles. The number of Topliss-reactive ketones (excluding diaryl/α,β-unsaturated/α-hetero) is 1. The van der Waals surface area contributed by atoms with E-state index in [4.69, 9.17) is 5.11 Å². The number of carbonyl (C=O) groups is 2. The van der Waals surface area contributed by atoms with E-state index in [0.717, 1.165) is 11.1 Å². The second kappa shape index (κ2) is 4.33. The predicted octanol–water partition coefficient (Wildman–Crippen LogP) is 2.03. The number of carbonyl (C=O) groups excluding carboxylic acids is 1. The first-order valence-corrected chi connectivity index (χ1v) is 6.42. The minimum atomic E-state index is -0.962. The van der Waals surface area contributed by atoms with Gasteiger partial charge in [0.05, 0.1) is 0 Å². The van der Waals surface area contributed by atoms with Crippen molar-refractivity contribution in [2.75, 3.05) is 13.1 Å². The summed E-state index contributed by atoms with van der Waals surface area (Å²) in [5.74, 6) is -0.321. The van der Waals surface area contributed by atoms with Crippen molar-refractivity contribution in [2.24, 2.45) is 0 Å². The molecule has 0 fully saturated rings. The second-order valence-electron chi connectivity index (χ2n) is 5.04. The molecule has 1 aliphatic carbocycles. The van der Waals surface area contributed by atoms with Gasteiger partial charge in [-0.2, -0.15) is 0 Å². The number of amides is 1. The molecule has 1 amide bonds. The fourth-order valence-corrected chi connectivity index (χ4v) is 3.05. The van der Waals surface area contributed by atoms with Gasteiger partial charge in [-0.25, -0.2) is 9.18 Å². The Morgan fingerprint density at radius 1 is 1.16 bits per heavy atom. The average Bonchev–Trinajstić information content (AvgIpc) is 2.62. The van der Waals surface area contributed by atoms with E-state index in [1.807, 2.05) is 0 Å². The molecule has 0 atom stereocenters. The monoisotopic (exact) mass is 263 g/mol. The molecule has 1 aliphatic heterocycles. The summed E-state index contributed by atoms with van der Waals surface area (Å²) in [6, 6.07) is 1.48. The number of halogens is 1. The van der Waals surface area contributed by atoms with Gasteiger partial charge in [0.2, 0.25) is 0 Å². The smallest absolute Gasteiger partial charge is 0.407 e. The lowest BCUT2D eigenvalue weighted by Crippen LogP contribution is -2.31. The molecule has 19 heavy (non-hydrogen) atoms. The molecule has 0 spiro atoms. The highest BCUT2D eigenvalue weighted by Crippen LogP contribution is 2.32. The molecule has 0 bridgehead atoms. The van der Waals surface area contributed by atoms with Crippen LogP contribution in [0.15, 0.2) is 6.07 Å². The average molecular weight is 263 g/mol. The van der Waals surface area contributed by atoms with Crippen molar-refractivity contribution in [2.45, 2.75) is 25.7 Å². The maximum absolute atomic E-state index is 14.0. The van der Waals surface area contributed by atoms with Gasteiger partial charge >= 0.3 is 6.09 Å². The highest BCUT2D eigenvalue weighted by atomic mass is 19.1. The molecule has 0 unspecified atom stereocenters. The number of hydrogen-bond acceptors (Lipinski definition) is 2. The van der Waals surface area contributed by atoms with Gasteiger partial charge in [0.15, 0.2) is 5.78 Å². The lowest BCUT2D eigenvalue weighted by atomic mass is 9.93. The summed E-state index contributed by atoms with van der Waals surface area (Å²) in [6.07, 6.45) is 0.840. The molecular formula is C14H14FNO3. The highest BCUT2D eigenvalue weighted by molar-refractivity contribution is 6.02. The van der Waals surface area contributed by atoms with Crippen LogP contribution >= 0.6 is 0 Å². The first-order chi connectivity index (χ1) is 9.08. The zero-order valence-electron chi connectivity index (χ0n) is 10.4. The van der Waals surface area contributed by atoms with Crippen LogP contribution in [0.3, 0.4) is 0 Å². The predicted molar refractivity (Wildman–Crippen MR) is 66.1 cm³/mol. The lowest BCUT2D eigenvalue weighted by molar-refractivity contribution is 0.0993. The van der Waals surface area contributed by atoms with Crippen LogP contribution in [-0.2, 0) is 19.3 Å². The molecular weight excluding hydrogens is 249 g/mol. The first kappa shape index (κ1) is 12.1. The van der Waals surface area contributed by atoms with E-state index in [1.165, 1.54) is 11.0 Å². The van der Waals surface area contributed by atoms with Crippen LogP contribution in [0.4, 0.5) is 9.18 Å². The van der Waals surface area contributed by atoms with E-state index in [2.05, 4.69) is 0 Å². The number of hydrogen-bond donors (Lipinski definition) is 1. The van der Waals surface area contributed by atoms with E-state index in [9.17, 15) is 14.0 Å². The number of carboxylic acid groups (broad SMARTS) is 1. The van der Waals surface area contributed by atoms with Crippen molar-refractivity contribution in [3.8, 4) is 0 Å². The Balaban J connectivity index is 2.06. The van der Waals surface area contributed by atoms with Crippen molar-refractivity contribution < 1.29 is 19.1 Å². The van der Waals surface area contributed by atoms with Crippen LogP contribution in [0, 0.1) is 5.82 Å². The summed E-state index contributed by atoms with van der Waals surface area (Å²) in [6.45, 7) is 0.725. The van der Waals surface area contributed by atoms with E-state index in [0.29, 0.717) is 49.9 Å². The Hall–Kier alpha value is -1.91. The number of fused-ring (bicyclic) bond motifs is 3. The molecule has 1 aromatic rings. The van der Waals surface area contributed by atoms with Crippen molar-refractivity contribution >= 4 is 11.9 Å². The molecule has 2 aliphatic rings. The zero-order chi connectivity index (χ0) is 13.6. The van der Waals surface area contributed by atoms with Crippen LogP contribution in [0.2, 0.25) is 0 Å². The van der Waals surface area contributed by atoms with Crippen molar-refractivity contribution in [1.82, 2.24) is 4.90 Å². The Bertz CT molecular complexity index is 583. The van der Waals surface area contributed by atoms with Gasteiger partial charge in [0.1, 0.15) is 5.82 Å². The van der Waals surface area contributed by atoms with Gasteiger partial charge in [-0.15, -0.1) is 0 Å². The second-order valence-corrected chi connectivity index (χ2v) is 5.04. The van der Waals surface area contributed by atoms with Crippen LogP contribution in [0.1, 0.15) is 33.5 Å². The summed E-state index contributed by atoms with van der Waals surface area (Å²) >= 11 is 0. The van der Waals surface area contributed by atoms with Crippen molar-refractivity contribution in [3.63, 3.8) is 0 Å². The Morgan fingerprint density at radius 2 is 1.89 bits per heavy atom. The SMILES string of the molecule is O=C1CCc2c(F)cc3c(c21)CCN(C(=O)O)CC3. The van der Waals surface area contributed by atoms with E-state index in [1.54, 1.807) is 0 Å². The normalized spacial score (nSPS) is 17.9. The van der Waals surface area contributed by atoms with Crippen molar-refractivity contribution in [1.29, 1.82) is 0 Å². The van der Waals surface area contributed by atoms with Crippen LogP contribution in [0.25, 0.3) is 0 Å². The third-order valence-electron chi connectivity index (χ3n) is 4.01. The maximum Gasteiger partial charge on any atom is 0.407 e. The van der Waals surface area contributed by atoms with Gasteiger partial charge in [-0.3, -0.25) is 4.79 Å². The Labute approximate surface area is 109 Å². The fourth-order valence-electron chi connectivity index (χ4n) is 3.05. The van der Waals surface area contributed by atoms with E-state index >= 15 is 0 Å². The topological polar surface area (TPSA) is 57.6 Å². The zero-order valence-corrected chi connectivity index (χ0v) is 10.4. The van der Waals surface area contributed by atoms with Gasteiger partial charge in [-0.05, 0) is 42.0 Å². The van der Waals surface area contributed by atoms with Crippen LogP contribution < -0.4 is 0 Å². The van der Waals surface area contributed by atoms with E-state index in [-0.39, 0.29) is 11.6 Å². The summed E-state index contributed by atoms with van der Waals surface area (Å²) in [4.78, 5) is 24.3. The Kier molecular flexibility index (Phi) is 2.77. The minimum absolute atomic E-state index is 0.00507. The molecule has 0 saturated carbocycles. The van der Waals surface area contributed by atoms with Crippen LogP contribution in [0.5, 0.6) is 0 Å². The molecule has 1 heterocycles. The summed E-state index contributed by atoms with van der Waals surface area (Å²) in [5, 5.41) is 9.03. The Morgan fingerprint density at radius 3 is 2.63 bits per heavy atom. The molecule has 3 rings (SSSR count). The summed E-state index contributed by atoms with van der Waals surface area (Å²) < 4.78 is 14.0. The van der Waals surface area contributed by atoms with Crippen LogP contribution in [-0.4, -0.2) is 35.0 Å². The quantitative estimate of drug-likeness (QED) is 0.779. The number of ketones is 1. The number of rotatable bonds is 0. The molecule has 100 valence electrons. The first-order valence-electron chi connectivity index (χ1n) is 6.42. The van der Waals surface area contributed by atoms with Gasteiger partial charge < -0.3 is 10.0 Å². The van der Waals surface area contributed by atoms with E-state index < -0.39 is 6.09 Å². The maximum atomic E-state index is 14.0. The van der Waals surface area contributed by atoms with Gasteiger partial charge in [0.25, 0.3) is 0 Å². The lowest BCUT2D eigenvalue weighted by Gasteiger charge is -2.15. The summed E-state index contributed by atoms with van der Waals surface area (Å²) in [5.41, 5.74) is 2.70. The molecule has 0 radical (unpaired) electrons. The molecule has 1 aromatic carbocycles. The molecule has 4 nitrogen and oxygen atoms in total. The largest absolute Gasteiger partial charge is 0.465 e. The number of nitrogens with zero attached hydrogens (tertiary/aromatic N) is 1. The number of benzene rings is 1. The highest BCUT2D eigenvalue weighted by Gasteiger charge is 2.30. The third kappa shape index (κ3) is 1.89. The third-order valence-corrected chi connectivity index (χ3v) is 4.01. The molecule has 5 heteroatoms. The summed E-state index contributed by atoms with van der Waals surface area (Å²) in [7, 11) is 0. The minimum Gasteiger partial charge on any atom is -0.465 e. The van der Waals surface area contributed by atoms with Crippen molar-refractivity contribution in [3.05, 3.63) is 34.1 Å².